The fourth-order valence-electron chi connectivity index (χ4n) is 3.48. The molecule has 0 aliphatic heterocycles. The van der Waals surface area contributed by atoms with Gasteiger partial charge in [0.05, 0.1) is 16.9 Å². The molecule has 0 unspecified atom stereocenters. The minimum Gasteiger partial charge on any atom is -0.437 e. The lowest BCUT2D eigenvalue weighted by Crippen LogP contribution is -2.16. The Hall–Kier alpha value is -3.43. The Morgan fingerprint density at radius 2 is 1.76 bits per heavy atom. The number of nitrogens with one attached hydrogen (secondary N) is 1. The van der Waals surface area contributed by atoms with Crippen molar-refractivity contribution >= 4 is 27.6 Å². The van der Waals surface area contributed by atoms with E-state index in [1.807, 2.05) is 45.0 Å². The fraction of sp³-hybridized carbons (Fsp3) is 0.208. The van der Waals surface area contributed by atoms with Gasteiger partial charge in [0.2, 0.25) is 11.8 Å². The number of aromatic nitrogens is 4. The lowest BCUT2D eigenvalue weighted by molar-refractivity contribution is 0.453. The van der Waals surface area contributed by atoms with E-state index in [1.165, 1.54) is 17.1 Å². The summed E-state index contributed by atoms with van der Waals surface area (Å²) in [7, 11) is -2.33. The van der Waals surface area contributed by atoms with Crippen LogP contribution in [0.25, 0.3) is 11.3 Å². The monoisotopic (exact) mass is 497 g/mol. The molecular weight excluding hydrogens is 474 g/mol. The van der Waals surface area contributed by atoms with Crippen molar-refractivity contribution in [3.05, 3.63) is 77.1 Å². The molecule has 2 aromatic carbocycles. The minimum atomic E-state index is -3.97. The number of para-hydroxylation sites is 1. The van der Waals surface area contributed by atoms with E-state index >= 15 is 0 Å². The third-order valence-corrected chi connectivity index (χ3v) is 6.74. The van der Waals surface area contributed by atoms with Crippen LogP contribution < -0.4 is 9.46 Å². The van der Waals surface area contributed by atoms with E-state index < -0.39 is 10.0 Å². The minimum absolute atomic E-state index is 0.00227. The van der Waals surface area contributed by atoms with Crippen LogP contribution >= 0.6 is 11.6 Å². The fourth-order valence-corrected chi connectivity index (χ4v) is 4.59. The van der Waals surface area contributed by atoms with Crippen molar-refractivity contribution in [3.8, 4) is 22.9 Å². The molecule has 4 aromatic rings. The molecule has 4 rings (SSSR count). The molecule has 34 heavy (non-hydrogen) atoms. The summed E-state index contributed by atoms with van der Waals surface area (Å²) >= 11 is 6.33. The molecule has 0 saturated carbocycles. The summed E-state index contributed by atoms with van der Waals surface area (Å²) in [6.45, 7) is 5.97. The summed E-state index contributed by atoms with van der Waals surface area (Å²) in [4.78, 5) is 9.08. The van der Waals surface area contributed by atoms with Crippen LogP contribution in [-0.4, -0.2) is 28.2 Å². The smallest absolute Gasteiger partial charge is 0.267 e. The van der Waals surface area contributed by atoms with Crippen molar-refractivity contribution < 1.29 is 13.2 Å². The predicted octanol–water partition coefficient (Wildman–Crippen LogP) is 5.56. The van der Waals surface area contributed by atoms with Gasteiger partial charge in [0, 0.05) is 24.4 Å². The number of anilines is 1. The first-order chi connectivity index (χ1) is 16.2. The Morgan fingerprint density at radius 1 is 1.06 bits per heavy atom. The standard InChI is InChI=1S/C24H24ClN5O3S/c1-15(2)21-22(18-10-6-5-9-16(18)3)27-24(29-34(31,32)17-13-26-30(4)14-17)28-23(21)33-20-12-8-7-11-19(20)25/h5-15H,1-4H3,(H,27,28,29). The lowest BCUT2D eigenvalue weighted by atomic mass is 9.95. The van der Waals surface area contributed by atoms with Crippen molar-refractivity contribution in [1.82, 2.24) is 19.7 Å². The van der Waals surface area contributed by atoms with Gasteiger partial charge in [-0.25, -0.2) is 18.1 Å². The molecule has 176 valence electrons. The molecular formula is C24H24ClN5O3S. The third-order valence-electron chi connectivity index (χ3n) is 5.15. The lowest BCUT2D eigenvalue weighted by Gasteiger charge is -2.19. The summed E-state index contributed by atoms with van der Waals surface area (Å²) in [6.07, 6.45) is 2.66. The van der Waals surface area contributed by atoms with E-state index in [4.69, 9.17) is 16.3 Å². The zero-order chi connectivity index (χ0) is 24.5. The summed E-state index contributed by atoms with van der Waals surface area (Å²) < 4.78 is 35.9. The van der Waals surface area contributed by atoms with Crippen LogP contribution in [0.1, 0.15) is 30.9 Å². The van der Waals surface area contributed by atoms with Gasteiger partial charge in [-0.05, 0) is 30.5 Å². The Balaban J connectivity index is 1.91. The van der Waals surface area contributed by atoms with Gasteiger partial charge in [-0.3, -0.25) is 4.68 Å². The van der Waals surface area contributed by atoms with Gasteiger partial charge >= 0.3 is 0 Å². The highest BCUT2D eigenvalue weighted by Gasteiger charge is 2.25. The first-order valence-electron chi connectivity index (χ1n) is 10.6. The summed E-state index contributed by atoms with van der Waals surface area (Å²) in [5.74, 6) is 0.478. The summed E-state index contributed by atoms with van der Waals surface area (Å²) in [6, 6.07) is 14.8. The highest BCUT2D eigenvalue weighted by Crippen LogP contribution is 2.39. The van der Waals surface area contributed by atoms with Gasteiger partial charge in [-0.2, -0.15) is 10.1 Å². The number of aryl methyl sites for hydroxylation is 2. The van der Waals surface area contributed by atoms with E-state index in [0.717, 1.165) is 16.7 Å². The molecule has 0 aliphatic carbocycles. The predicted molar refractivity (Wildman–Crippen MR) is 132 cm³/mol. The van der Waals surface area contributed by atoms with Crippen molar-refractivity contribution in [1.29, 1.82) is 0 Å². The Bertz CT molecular complexity index is 1450. The zero-order valence-corrected chi connectivity index (χ0v) is 20.7. The van der Waals surface area contributed by atoms with E-state index in [9.17, 15) is 8.42 Å². The largest absolute Gasteiger partial charge is 0.437 e. The second-order valence-corrected chi connectivity index (χ2v) is 10.2. The normalized spacial score (nSPS) is 11.6. The van der Waals surface area contributed by atoms with Crippen LogP contribution in [0, 0.1) is 6.92 Å². The number of halogens is 1. The van der Waals surface area contributed by atoms with Crippen LogP contribution in [0.3, 0.4) is 0 Å². The van der Waals surface area contributed by atoms with Crippen LogP contribution in [0.4, 0.5) is 5.95 Å². The average molecular weight is 498 g/mol. The quantitative estimate of drug-likeness (QED) is 0.359. The van der Waals surface area contributed by atoms with Crippen molar-refractivity contribution in [2.45, 2.75) is 31.6 Å². The molecule has 0 amide bonds. The molecule has 0 atom stereocenters. The van der Waals surface area contributed by atoms with Gasteiger partial charge in [0.15, 0.2) is 0 Å². The second-order valence-electron chi connectivity index (χ2n) is 8.07. The van der Waals surface area contributed by atoms with Gasteiger partial charge in [-0.1, -0.05) is 61.8 Å². The number of rotatable bonds is 7. The highest BCUT2D eigenvalue weighted by atomic mass is 35.5. The summed E-state index contributed by atoms with van der Waals surface area (Å²) in [5, 5.41) is 4.35. The maximum absolute atomic E-state index is 13.0. The van der Waals surface area contributed by atoms with Crippen LogP contribution in [-0.2, 0) is 17.1 Å². The first-order valence-corrected chi connectivity index (χ1v) is 12.4. The van der Waals surface area contributed by atoms with Crippen LogP contribution in [0.2, 0.25) is 5.02 Å². The van der Waals surface area contributed by atoms with E-state index in [-0.39, 0.29) is 22.6 Å². The maximum Gasteiger partial charge on any atom is 0.267 e. The van der Waals surface area contributed by atoms with Gasteiger partial charge in [-0.15, -0.1) is 0 Å². The third kappa shape index (κ3) is 4.90. The Labute approximate surface area is 203 Å². The molecule has 10 heteroatoms. The molecule has 0 spiro atoms. The van der Waals surface area contributed by atoms with Crippen molar-refractivity contribution in [3.63, 3.8) is 0 Å². The van der Waals surface area contributed by atoms with Gasteiger partial charge in [0.1, 0.15) is 10.6 Å². The molecule has 0 saturated heterocycles. The SMILES string of the molecule is Cc1ccccc1-c1nc(NS(=O)(=O)c2cnn(C)c2)nc(Oc2ccccc2Cl)c1C(C)C. The molecule has 8 nitrogen and oxygen atoms in total. The molecule has 2 heterocycles. The number of hydrogen-bond donors (Lipinski definition) is 1. The molecule has 0 aliphatic rings. The highest BCUT2D eigenvalue weighted by molar-refractivity contribution is 7.92. The Kier molecular flexibility index (Phi) is 6.58. The van der Waals surface area contributed by atoms with E-state index in [1.54, 1.807) is 31.3 Å². The van der Waals surface area contributed by atoms with Gasteiger partial charge < -0.3 is 4.74 Å². The number of benzene rings is 2. The van der Waals surface area contributed by atoms with E-state index in [2.05, 4.69) is 19.8 Å². The average Bonchev–Trinajstić information content (AvgIpc) is 3.22. The van der Waals surface area contributed by atoms with Crippen molar-refractivity contribution in [2.24, 2.45) is 7.05 Å². The topological polar surface area (TPSA) is 99.0 Å². The van der Waals surface area contributed by atoms with Gasteiger partial charge in [0.25, 0.3) is 10.0 Å². The maximum atomic E-state index is 13.0. The van der Waals surface area contributed by atoms with Crippen LogP contribution in [0.15, 0.2) is 65.8 Å². The van der Waals surface area contributed by atoms with Crippen molar-refractivity contribution in [2.75, 3.05) is 4.72 Å². The number of hydrogen-bond acceptors (Lipinski definition) is 6. The number of ether oxygens (including phenoxy) is 1. The number of nitrogens with zero attached hydrogens (tertiary/aromatic N) is 4. The number of sulfonamides is 1. The first kappa shape index (κ1) is 23.7. The van der Waals surface area contributed by atoms with E-state index in [0.29, 0.717) is 16.5 Å². The molecule has 0 radical (unpaired) electrons. The Morgan fingerprint density at radius 3 is 2.41 bits per heavy atom. The molecule has 0 fully saturated rings. The molecule has 1 N–H and O–H groups in total. The summed E-state index contributed by atoms with van der Waals surface area (Å²) in [5.41, 5.74) is 3.14. The molecule has 2 aromatic heterocycles. The van der Waals surface area contributed by atoms with Crippen LogP contribution in [0.5, 0.6) is 11.6 Å². The second kappa shape index (κ2) is 9.44. The molecule has 0 bridgehead atoms. The zero-order valence-electron chi connectivity index (χ0n) is 19.2.